The highest BCUT2D eigenvalue weighted by molar-refractivity contribution is 8.00. The first kappa shape index (κ1) is 17.3. The summed E-state index contributed by atoms with van der Waals surface area (Å²) < 4.78 is 0. The zero-order valence-corrected chi connectivity index (χ0v) is 13.7. The van der Waals surface area contributed by atoms with Gasteiger partial charge in [-0.3, -0.25) is 4.79 Å². The van der Waals surface area contributed by atoms with E-state index < -0.39 is 6.10 Å². The summed E-state index contributed by atoms with van der Waals surface area (Å²) in [5.74, 6) is 1.12. The number of rotatable bonds is 7. The van der Waals surface area contributed by atoms with Crippen LogP contribution < -0.4 is 5.32 Å². The van der Waals surface area contributed by atoms with Gasteiger partial charge >= 0.3 is 0 Å². The number of amides is 1. The average Bonchev–Trinajstić information content (AvgIpc) is 2.42. The SMILES string of the molecule is CCSC(C(=O)NCC(O)c1ccccc1Cl)C(C)C. The number of aliphatic hydroxyl groups is 1. The van der Waals surface area contributed by atoms with E-state index in [-0.39, 0.29) is 23.6 Å². The number of hydrogen-bond acceptors (Lipinski definition) is 3. The second-order valence-corrected chi connectivity index (χ2v) is 6.73. The molecule has 5 heteroatoms. The first-order valence-corrected chi connectivity index (χ1v) is 8.21. The highest BCUT2D eigenvalue weighted by atomic mass is 35.5. The van der Waals surface area contributed by atoms with Gasteiger partial charge in [-0.2, -0.15) is 0 Å². The van der Waals surface area contributed by atoms with Gasteiger partial charge in [-0.1, -0.05) is 50.6 Å². The summed E-state index contributed by atoms with van der Waals surface area (Å²) >= 11 is 7.64. The minimum absolute atomic E-state index is 0.0297. The van der Waals surface area contributed by atoms with Crippen LogP contribution in [0.4, 0.5) is 0 Å². The van der Waals surface area contributed by atoms with Gasteiger partial charge in [-0.15, -0.1) is 11.8 Å². The van der Waals surface area contributed by atoms with E-state index >= 15 is 0 Å². The van der Waals surface area contributed by atoms with E-state index in [0.29, 0.717) is 10.6 Å². The molecule has 0 saturated carbocycles. The van der Waals surface area contributed by atoms with Gasteiger partial charge in [0.25, 0.3) is 0 Å². The van der Waals surface area contributed by atoms with Crippen LogP contribution in [-0.2, 0) is 4.79 Å². The molecule has 2 N–H and O–H groups in total. The van der Waals surface area contributed by atoms with E-state index in [1.54, 1.807) is 23.9 Å². The van der Waals surface area contributed by atoms with Crippen molar-refractivity contribution in [1.82, 2.24) is 5.32 Å². The number of hydrogen-bond donors (Lipinski definition) is 2. The van der Waals surface area contributed by atoms with Crippen LogP contribution in [0.15, 0.2) is 24.3 Å². The van der Waals surface area contributed by atoms with Crippen molar-refractivity contribution >= 4 is 29.3 Å². The van der Waals surface area contributed by atoms with E-state index in [1.807, 2.05) is 32.9 Å². The fourth-order valence-electron chi connectivity index (χ4n) is 1.90. The van der Waals surface area contributed by atoms with Crippen LogP contribution in [0.1, 0.15) is 32.4 Å². The Morgan fingerprint density at radius 1 is 1.40 bits per heavy atom. The zero-order chi connectivity index (χ0) is 15.1. The lowest BCUT2D eigenvalue weighted by molar-refractivity contribution is -0.121. The van der Waals surface area contributed by atoms with Crippen molar-refractivity contribution in [3.8, 4) is 0 Å². The van der Waals surface area contributed by atoms with Crippen molar-refractivity contribution in [3.05, 3.63) is 34.9 Å². The van der Waals surface area contributed by atoms with Crippen LogP contribution in [0.5, 0.6) is 0 Å². The Morgan fingerprint density at radius 3 is 2.60 bits per heavy atom. The number of benzene rings is 1. The molecule has 112 valence electrons. The van der Waals surface area contributed by atoms with Gasteiger partial charge in [0.05, 0.1) is 11.4 Å². The average molecular weight is 316 g/mol. The van der Waals surface area contributed by atoms with Gasteiger partial charge in [0, 0.05) is 17.1 Å². The van der Waals surface area contributed by atoms with Gasteiger partial charge in [-0.05, 0) is 17.7 Å². The van der Waals surface area contributed by atoms with Crippen molar-refractivity contribution in [2.45, 2.75) is 32.1 Å². The first-order valence-electron chi connectivity index (χ1n) is 6.79. The smallest absolute Gasteiger partial charge is 0.233 e. The van der Waals surface area contributed by atoms with E-state index in [4.69, 9.17) is 11.6 Å². The lowest BCUT2D eigenvalue weighted by Crippen LogP contribution is -2.38. The van der Waals surface area contributed by atoms with Crippen LogP contribution in [0.25, 0.3) is 0 Å². The van der Waals surface area contributed by atoms with E-state index in [1.165, 1.54) is 0 Å². The lowest BCUT2D eigenvalue weighted by atomic mass is 10.1. The second kappa shape index (κ2) is 8.55. The third-order valence-corrected chi connectivity index (χ3v) is 4.74. The monoisotopic (exact) mass is 315 g/mol. The molecule has 1 aromatic rings. The molecular weight excluding hydrogens is 294 g/mol. The van der Waals surface area contributed by atoms with Crippen LogP contribution in [0.2, 0.25) is 5.02 Å². The maximum Gasteiger partial charge on any atom is 0.233 e. The fourth-order valence-corrected chi connectivity index (χ4v) is 3.14. The van der Waals surface area contributed by atoms with Gasteiger partial charge < -0.3 is 10.4 Å². The van der Waals surface area contributed by atoms with Crippen LogP contribution >= 0.6 is 23.4 Å². The molecule has 1 aromatic carbocycles. The van der Waals surface area contributed by atoms with Gasteiger partial charge in [-0.25, -0.2) is 0 Å². The van der Waals surface area contributed by atoms with E-state index in [0.717, 1.165) is 5.75 Å². The molecule has 0 aliphatic carbocycles. The molecule has 1 rings (SSSR count). The maximum absolute atomic E-state index is 12.1. The highest BCUT2D eigenvalue weighted by Crippen LogP contribution is 2.23. The highest BCUT2D eigenvalue weighted by Gasteiger charge is 2.22. The summed E-state index contributed by atoms with van der Waals surface area (Å²) in [4.78, 5) is 12.1. The molecular formula is C15H22ClNO2S. The summed E-state index contributed by atoms with van der Waals surface area (Å²) in [7, 11) is 0. The topological polar surface area (TPSA) is 49.3 Å². The summed E-state index contributed by atoms with van der Waals surface area (Å²) in [6.45, 7) is 6.26. The van der Waals surface area contributed by atoms with Crippen molar-refractivity contribution in [1.29, 1.82) is 0 Å². The molecule has 3 nitrogen and oxygen atoms in total. The predicted octanol–water partition coefficient (Wildman–Crippen LogP) is 3.27. The standard InChI is InChI=1S/C15H22ClNO2S/c1-4-20-14(10(2)3)15(19)17-9-13(18)11-7-5-6-8-12(11)16/h5-8,10,13-14,18H,4,9H2,1-3H3,(H,17,19). The number of halogens is 1. The molecule has 0 aliphatic heterocycles. The number of carbonyl (C=O) groups is 1. The molecule has 0 fully saturated rings. The number of nitrogens with one attached hydrogen (secondary N) is 1. The van der Waals surface area contributed by atoms with Crippen LogP contribution in [0.3, 0.4) is 0 Å². The summed E-state index contributed by atoms with van der Waals surface area (Å²) in [6.07, 6.45) is -0.785. The van der Waals surface area contributed by atoms with Gasteiger partial charge in [0.15, 0.2) is 0 Å². The summed E-state index contributed by atoms with van der Waals surface area (Å²) in [6, 6.07) is 7.12. The molecule has 2 atom stereocenters. The van der Waals surface area contributed by atoms with Crippen molar-refractivity contribution in [2.75, 3.05) is 12.3 Å². The Morgan fingerprint density at radius 2 is 2.05 bits per heavy atom. The van der Waals surface area contributed by atoms with Gasteiger partial charge in [0.1, 0.15) is 0 Å². The quantitative estimate of drug-likeness (QED) is 0.812. The normalized spacial score (nSPS) is 14.1. The lowest BCUT2D eigenvalue weighted by Gasteiger charge is -2.20. The number of aliphatic hydroxyl groups excluding tert-OH is 1. The van der Waals surface area contributed by atoms with Crippen LogP contribution in [0, 0.1) is 5.92 Å². The zero-order valence-electron chi connectivity index (χ0n) is 12.1. The summed E-state index contributed by atoms with van der Waals surface area (Å²) in [5.41, 5.74) is 0.638. The van der Waals surface area contributed by atoms with Crippen molar-refractivity contribution in [3.63, 3.8) is 0 Å². The Hall–Kier alpha value is -0.710. The molecule has 0 spiro atoms. The third kappa shape index (κ3) is 5.00. The van der Waals surface area contributed by atoms with Crippen molar-refractivity contribution in [2.24, 2.45) is 5.92 Å². The molecule has 0 aromatic heterocycles. The third-order valence-electron chi connectivity index (χ3n) is 2.94. The molecule has 2 unspecified atom stereocenters. The Labute approximate surface area is 130 Å². The first-order chi connectivity index (χ1) is 9.47. The molecule has 0 heterocycles. The molecule has 0 saturated heterocycles. The number of thioether (sulfide) groups is 1. The minimum atomic E-state index is -0.785. The van der Waals surface area contributed by atoms with Crippen molar-refractivity contribution < 1.29 is 9.90 Å². The Balaban J connectivity index is 2.58. The maximum atomic E-state index is 12.1. The van der Waals surface area contributed by atoms with E-state index in [9.17, 15) is 9.90 Å². The Kier molecular flexibility index (Phi) is 7.41. The second-order valence-electron chi connectivity index (χ2n) is 4.90. The Bertz CT molecular complexity index is 440. The predicted molar refractivity (Wildman–Crippen MR) is 86.2 cm³/mol. The molecule has 1 amide bonds. The molecule has 0 aliphatic rings. The van der Waals surface area contributed by atoms with Gasteiger partial charge in [0.2, 0.25) is 5.91 Å². The fraction of sp³-hybridized carbons (Fsp3) is 0.533. The molecule has 0 radical (unpaired) electrons. The summed E-state index contributed by atoms with van der Waals surface area (Å²) in [5, 5.41) is 13.3. The molecule has 0 bridgehead atoms. The van der Waals surface area contributed by atoms with E-state index in [2.05, 4.69) is 5.32 Å². The molecule has 20 heavy (non-hydrogen) atoms. The number of carbonyl (C=O) groups excluding carboxylic acids is 1. The van der Waals surface area contributed by atoms with Crippen LogP contribution in [-0.4, -0.2) is 28.6 Å². The largest absolute Gasteiger partial charge is 0.387 e. The minimum Gasteiger partial charge on any atom is -0.387 e.